The lowest BCUT2D eigenvalue weighted by molar-refractivity contribution is -0.133. The fourth-order valence-corrected chi connectivity index (χ4v) is 4.44. The van der Waals surface area contributed by atoms with E-state index in [0.29, 0.717) is 0 Å². The Bertz CT molecular complexity index is 638. The number of rotatable bonds is 4. The maximum absolute atomic E-state index is 13.1. The second-order valence-corrected chi connectivity index (χ2v) is 6.86. The molecule has 0 unspecified atom stereocenters. The third-order valence-corrected chi connectivity index (χ3v) is 5.55. The summed E-state index contributed by atoms with van der Waals surface area (Å²) in [6, 6.07) is 14.3. The Morgan fingerprint density at radius 2 is 2.05 bits per heavy atom. The van der Waals surface area contributed by atoms with Gasteiger partial charge in [0, 0.05) is 25.5 Å². The third-order valence-electron chi connectivity index (χ3n) is 4.32. The molecule has 0 saturated carbocycles. The molecule has 1 amide bonds. The summed E-state index contributed by atoms with van der Waals surface area (Å²) in [5, 5.41) is 0.144. The Hall–Kier alpha value is -1.68. The number of thioether (sulfide) groups is 1. The number of aromatic nitrogens is 1. The highest BCUT2D eigenvalue weighted by Crippen LogP contribution is 2.40. The number of benzene rings is 1. The SMILES string of the molecule is CC[C@H](C(=O)N1CCS[C@@H]1c1cccn1C)c1ccccc1. The van der Waals surface area contributed by atoms with Gasteiger partial charge in [-0.1, -0.05) is 37.3 Å². The summed E-state index contributed by atoms with van der Waals surface area (Å²) in [5.74, 6) is 1.22. The molecule has 1 aromatic carbocycles. The largest absolute Gasteiger partial charge is 0.352 e. The van der Waals surface area contributed by atoms with Crippen LogP contribution >= 0.6 is 11.8 Å². The topological polar surface area (TPSA) is 25.2 Å². The van der Waals surface area contributed by atoms with Crippen molar-refractivity contribution < 1.29 is 4.79 Å². The van der Waals surface area contributed by atoms with E-state index in [-0.39, 0.29) is 17.2 Å². The smallest absolute Gasteiger partial charge is 0.231 e. The maximum atomic E-state index is 13.1. The predicted octanol–water partition coefficient (Wildman–Crippen LogP) is 3.79. The second kappa shape index (κ2) is 6.61. The van der Waals surface area contributed by atoms with Crippen LogP contribution < -0.4 is 0 Å². The van der Waals surface area contributed by atoms with E-state index in [1.807, 2.05) is 49.3 Å². The molecule has 116 valence electrons. The van der Waals surface area contributed by atoms with E-state index in [0.717, 1.165) is 24.3 Å². The molecule has 3 nitrogen and oxygen atoms in total. The van der Waals surface area contributed by atoms with Crippen LogP contribution in [0.15, 0.2) is 48.7 Å². The summed E-state index contributed by atoms with van der Waals surface area (Å²) in [5.41, 5.74) is 2.33. The van der Waals surface area contributed by atoms with Crippen molar-refractivity contribution in [3.05, 3.63) is 59.9 Å². The quantitative estimate of drug-likeness (QED) is 0.858. The molecule has 0 aliphatic carbocycles. The standard InChI is InChI=1S/C18H22N2OS/c1-3-15(14-8-5-4-6-9-14)17(21)20-12-13-22-18(20)16-10-7-11-19(16)2/h4-11,15,18H,3,12-13H2,1-2H3/t15-,18+/m0/s1. The third kappa shape index (κ3) is 2.80. The van der Waals surface area contributed by atoms with Gasteiger partial charge in [-0.3, -0.25) is 4.79 Å². The molecule has 2 atom stereocenters. The van der Waals surface area contributed by atoms with Crippen LogP contribution in [0.1, 0.15) is 35.9 Å². The summed E-state index contributed by atoms with van der Waals surface area (Å²) in [6.07, 6.45) is 2.88. The molecular weight excluding hydrogens is 292 g/mol. The Labute approximate surface area is 136 Å². The molecule has 1 aliphatic heterocycles. The lowest BCUT2D eigenvalue weighted by atomic mass is 9.95. The molecule has 4 heteroatoms. The second-order valence-electron chi connectivity index (χ2n) is 5.67. The molecule has 0 spiro atoms. The van der Waals surface area contributed by atoms with Crippen molar-refractivity contribution in [1.29, 1.82) is 0 Å². The molecule has 1 saturated heterocycles. The van der Waals surface area contributed by atoms with Crippen molar-refractivity contribution in [3.8, 4) is 0 Å². The zero-order valence-corrected chi connectivity index (χ0v) is 13.9. The fourth-order valence-electron chi connectivity index (χ4n) is 3.11. The van der Waals surface area contributed by atoms with Gasteiger partial charge in [0.1, 0.15) is 5.37 Å². The molecule has 2 aromatic rings. The monoisotopic (exact) mass is 314 g/mol. The van der Waals surface area contributed by atoms with Crippen LogP contribution in [0.2, 0.25) is 0 Å². The molecule has 1 fully saturated rings. The minimum Gasteiger partial charge on any atom is -0.352 e. The van der Waals surface area contributed by atoms with Crippen LogP contribution in [0.4, 0.5) is 0 Å². The molecule has 1 aromatic heterocycles. The molecule has 2 heterocycles. The van der Waals surface area contributed by atoms with Gasteiger partial charge in [-0.05, 0) is 24.1 Å². The van der Waals surface area contributed by atoms with E-state index >= 15 is 0 Å². The van der Waals surface area contributed by atoms with E-state index in [1.54, 1.807) is 0 Å². The summed E-state index contributed by atoms with van der Waals surface area (Å²) in [6.45, 7) is 2.93. The van der Waals surface area contributed by atoms with Crippen molar-refractivity contribution in [2.75, 3.05) is 12.3 Å². The van der Waals surface area contributed by atoms with Crippen molar-refractivity contribution in [3.63, 3.8) is 0 Å². The van der Waals surface area contributed by atoms with Crippen LogP contribution in [-0.2, 0) is 11.8 Å². The number of carbonyl (C=O) groups excluding carboxylic acids is 1. The van der Waals surface area contributed by atoms with Crippen LogP contribution in [0.3, 0.4) is 0 Å². The van der Waals surface area contributed by atoms with Crippen molar-refractivity contribution in [2.24, 2.45) is 7.05 Å². The average Bonchev–Trinajstić information content (AvgIpc) is 3.17. The summed E-state index contributed by atoms with van der Waals surface area (Å²) >= 11 is 1.86. The minimum absolute atomic E-state index is 0.0392. The van der Waals surface area contributed by atoms with Crippen LogP contribution in [0, 0.1) is 0 Å². The number of hydrogen-bond acceptors (Lipinski definition) is 2. The molecule has 0 bridgehead atoms. The number of amides is 1. The number of carbonyl (C=O) groups is 1. The summed E-state index contributed by atoms with van der Waals surface area (Å²) < 4.78 is 2.12. The van der Waals surface area contributed by atoms with Gasteiger partial charge in [0.15, 0.2) is 0 Å². The molecule has 1 aliphatic rings. The minimum atomic E-state index is -0.0392. The first-order valence-electron chi connectivity index (χ1n) is 7.80. The Balaban J connectivity index is 1.85. The van der Waals surface area contributed by atoms with Crippen LogP contribution in [0.25, 0.3) is 0 Å². The van der Waals surface area contributed by atoms with Gasteiger partial charge in [-0.25, -0.2) is 0 Å². The molecule has 0 radical (unpaired) electrons. The van der Waals surface area contributed by atoms with Crippen LogP contribution in [0.5, 0.6) is 0 Å². The first-order valence-corrected chi connectivity index (χ1v) is 8.85. The number of nitrogens with zero attached hydrogens (tertiary/aromatic N) is 2. The van der Waals surface area contributed by atoms with E-state index in [4.69, 9.17) is 0 Å². The normalized spacial score (nSPS) is 19.4. The Morgan fingerprint density at radius 1 is 1.27 bits per heavy atom. The van der Waals surface area contributed by atoms with Gasteiger partial charge in [0.05, 0.1) is 11.6 Å². The Kier molecular flexibility index (Phi) is 4.57. The van der Waals surface area contributed by atoms with Crippen molar-refractivity contribution in [2.45, 2.75) is 24.6 Å². The van der Waals surface area contributed by atoms with E-state index < -0.39 is 0 Å². The summed E-state index contributed by atoms with van der Waals surface area (Å²) in [7, 11) is 2.05. The van der Waals surface area contributed by atoms with Gasteiger partial charge in [0.25, 0.3) is 0 Å². The number of aryl methyl sites for hydroxylation is 1. The molecule has 0 N–H and O–H groups in total. The average molecular weight is 314 g/mol. The summed E-state index contributed by atoms with van der Waals surface area (Å²) in [4.78, 5) is 15.2. The molecule has 3 rings (SSSR count). The first kappa shape index (κ1) is 15.2. The van der Waals surface area contributed by atoms with Gasteiger partial charge in [-0.15, -0.1) is 11.8 Å². The van der Waals surface area contributed by atoms with Gasteiger partial charge < -0.3 is 9.47 Å². The maximum Gasteiger partial charge on any atom is 0.231 e. The predicted molar refractivity (Wildman–Crippen MR) is 91.8 cm³/mol. The zero-order valence-electron chi connectivity index (χ0n) is 13.1. The lowest BCUT2D eigenvalue weighted by Crippen LogP contribution is -2.35. The fraction of sp³-hybridized carbons (Fsp3) is 0.389. The zero-order chi connectivity index (χ0) is 15.5. The van der Waals surface area contributed by atoms with E-state index in [9.17, 15) is 4.79 Å². The molecule has 22 heavy (non-hydrogen) atoms. The highest BCUT2D eigenvalue weighted by atomic mass is 32.2. The van der Waals surface area contributed by atoms with Crippen molar-refractivity contribution >= 4 is 17.7 Å². The van der Waals surface area contributed by atoms with Gasteiger partial charge >= 0.3 is 0 Å². The first-order chi connectivity index (χ1) is 10.7. The highest BCUT2D eigenvalue weighted by Gasteiger charge is 2.35. The van der Waals surface area contributed by atoms with Crippen molar-refractivity contribution in [1.82, 2.24) is 9.47 Å². The van der Waals surface area contributed by atoms with E-state index in [1.165, 1.54) is 5.69 Å². The lowest BCUT2D eigenvalue weighted by Gasteiger charge is -2.28. The van der Waals surface area contributed by atoms with E-state index in [2.05, 4.69) is 34.6 Å². The number of hydrogen-bond donors (Lipinski definition) is 0. The van der Waals surface area contributed by atoms with Gasteiger partial charge in [0.2, 0.25) is 5.91 Å². The Morgan fingerprint density at radius 3 is 2.68 bits per heavy atom. The molecular formula is C18H22N2OS. The van der Waals surface area contributed by atoms with Crippen LogP contribution in [-0.4, -0.2) is 27.7 Å². The van der Waals surface area contributed by atoms with Gasteiger partial charge in [-0.2, -0.15) is 0 Å². The highest BCUT2D eigenvalue weighted by molar-refractivity contribution is 7.99.